The number of carbonyl (C=O) groups is 2. The van der Waals surface area contributed by atoms with E-state index < -0.39 is 12.1 Å². The molecule has 0 aliphatic rings. The Morgan fingerprint density at radius 1 is 1.37 bits per heavy atom. The number of hydrogen-bond acceptors (Lipinski definition) is 8. The Labute approximate surface area is 188 Å². The van der Waals surface area contributed by atoms with Gasteiger partial charge in [-0.15, -0.1) is 23.7 Å². The minimum absolute atomic E-state index is 0.0386. The van der Waals surface area contributed by atoms with Crippen molar-refractivity contribution in [3.05, 3.63) is 16.1 Å². The van der Waals surface area contributed by atoms with E-state index in [9.17, 15) is 14.7 Å². The van der Waals surface area contributed by atoms with Gasteiger partial charge in [0.05, 0.1) is 6.61 Å². The molecule has 1 N–H and O–H groups in total. The van der Waals surface area contributed by atoms with Crippen LogP contribution >= 0.6 is 23.3 Å². The van der Waals surface area contributed by atoms with Crippen molar-refractivity contribution < 1.29 is 19.4 Å². The summed E-state index contributed by atoms with van der Waals surface area (Å²) in [5.41, 5.74) is 0.215. The zero-order chi connectivity index (χ0) is 22.5. The van der Waals surface area contributed by atoms with Gasteiger partial charge in [0.2, 0.25) is 5.12 Å². The monoisotopic (exact) mass is 454 g/mol. The standard InChI is InChI=1S/C22H34N2O4S2/c1-6-9-11-13-24(30-20(26)12-10-7-2)18(16(4)5)14-19(25)21-23-17(15-29-21)22(27)28-8-3/h1,15-16,18-19,25H,7-14H2,2-5H3. The van der Waals surface area contributed by atoms with E-state index in [2.05, 4.69) is 36.0 Å². The molecule has 2 unspecified atom stereocenters. The van der Waals surface area contributed by atoms with Crippen molar-refractivity contribution in [3.63, 3.8) is 0 Å². The van der Waals surface area contributed by atoms with E-state index in [4.69, 9.17) is 11.2 Å². The maximum Gasteiger partial charge on any atom is 0.357 e. The normalized spacial score (nSPS) is 13.3. The van der Waals surface area contributed by atoms with Crippen molar-refractivity contribution in [2.45, 2.75) is 78.4 Å². The predicted octanol–water partition coefficient (Wildman–Crippen LogP) is 4.85. The van der Waals surface area contributed by atoms with Gasteiger partial charge in [0.25, 0.3) is 0 Å². The van der Waals surface area contributed by atoms with Crippen LogP contribution in [0, 0.1) is 18.3 Å². The number of carbonyl (C=O) groups excluding carboxylic acids is 2. The lowest BCUT2D eigenvalue weighted by molar-refractivity contribution is -0.111. The average Bonchev–Trinajstić information content (AvgIpc) is 3.20. The second kappa shape index (κ2) is 14.6. The molecular formula is C22H34N2O4S2. The summed E-state index contributed by atoms with van der Waals surface area (Å²) in [5.74, 6) is 2.37. The van der Waals surface area contributed by atoms with Crippen LogP contribution in [0.25, 0.3) is 0 Å². The molecule has 0 aromatic carbocycles. The van der Waals surface area contributed by atoms with Crippen LogP contribution in [0.4, 0.5) is 0 Å². The second-order valence-corrected chi connectivity index (χ2v) is 9.37. The summed E-state index contributed by atoms with van der Waals surface area (Å²) in [6.07, 6.45) is 8.79. The summed E-state index contributed by atoms with van der Waals surface area (Å²) in [5, 5.41) is 13.0. The molecule has 1 rings (SSSR count). The van der Waals surface area contributed by atoms with Gasteiger partial charge in [-0.2, -0.15) is 0 Å². The van der Waals surface area contributed by atoms with Gasteiger partial charge in [-0.3, -0.25) is 4.79 Å². The summed E-state index contributed by atoms with van der Waals surface area (Å²) in [7, 11) is 0. The summed E-state index contributed by atoms with van der Waals surface area (Å²) in [6, 6.07) is -0.0386. The van der Waals surface area contributed by atoms with Crippen molar-refractivity contribution in [1.29, 1.82) is 0 Å². The number of aliphatic hydroxyl groups excluding tert-OH is 1. The fourth-order valence-corrected chi connectivity index (χ4v) is 4.87. The maximum atomic E-state index is 12.4. The Bertz CT molecular complexity index is 700. The summed E-state index contributed by atoms with van der Waals surface area (Å²) >= 11 is 2.49. The third-order valence-electron chi connectivity index (χ3n) is 4.55. The number of nitrogens with zero attached hydrogens (tertiary/aromatic N) is 2. The molecule has 2 atom stereocenters. The van der Waals surface area contributed by atoms with Crippen molar-refractivity contribution in [1.82, 2.24) is 9.29 Å². The highest BCUT2D eigenvalue weighted by molar-refractivity contribution is 8.11. The minimum atomic E-state index is -0.827. The molecule has 0 aliphatic carbocycles. The Morgan fingerprint density at radius 3 is 2.70 bits per heavy atom. The highest BCUT2D eigenvalue weighted by Gasteiger charge is 2.29. The fraction of sp³-hybridized carbons (Fsp3) is 0.682. The maximum absolute atomic E-state index is 12.4. The molecule has 0 amide bonds. The summed E-state index contributed by atoms with van der Waals surface area (Å²) in [4.78, 5) is 28.5. The van der Waals surface area contributed by atoms with E-state index in [1.165, 1.54) is 23.3 Å². The second-order valence-electron chi connectivity index (χ2n) is 7.37. The smallest absolute Gasteiger partial charge is 0.357 e. The Hall–Kier alpha value is -1.40. The minimum Gasteiger partial charge on any atom is -0.461 e. The Balaban J connectivity index is 2.90. The van der Waals surface area contributed by atoms with E-state index in [0.717, 1.165) is 19.3 Å². The van der Waals surface area contributed by atoms with E-state index >= 15 is 0 Å². The number of hydrogen-bond donors (Lipinski definition) is 1. The van der Waals surface area contributed by atoms with Gasteiger partial charge in [0.15, 0.2) is 5.69 Å². The van der Waals surface area contributed by atoms with Crippen LogP contribution in [-0.4, -0.2) is 44.7 Å². The van der Waals surface area contributed by atoms with Crippen molar-refractivity contribution >= 4 is 34.4 Å². The van der Waals surface area contributed by atoms with Gasteiger partial charge in [0.1, 0.15) is 11.1 Å². The lowest BCUT2D eigenvalue weighted by Crippen LogP contribution is -2.37. The van der Waals surface area contributed by atoms with E-state index in [0.29, 0.717) is 30.8 Å². The number of thiazole rings is 1. The summed E-state index contributed by atoms with van der Waals surface area (Å²) < 4.78 is 7.04. The third-order valence-corrected chi connectivity index (χ3v) is 6.59. The SMILES string of the molecule is C#CCCCN(SC(=O)CCCC)C(CC(O)c1nc(C(=O)OCC)cs1)C(C)C. The van der Waals surface area contributed by atoms with Crippen LogP contribution in [0.5, 0.6) is 0 Å². The Kier molecular flexibility index (Phi) is 12.9. The highest BCUT2D eigenvalue weighted by Crippen LogP contribution is 2.31. The molecule has 1 aromatic heterocycles. The largest absolute Gasteiger partial charge is 0.461 e. The van der Waals surface area contributed by atoms with Crippen LogP contribution in [-0.2, 0) is 9.53 Å². The van der Waals surface area contributed by atoms with Crippen LogP contribution in [0.1, 0.15) is 87.8 Å². The van der Waals surface area contributed by atoms with E-state index in [1.807, 2.05) is 0 Å². The van der Waals surface area contributed by atoms with Crippen LogP contribution in [0.15, 0.2) is 5.38 Å². The van der Waals surface area contributed by atoms with Crippen molar-refractivity contribution in [2.24, 2.45) is 5.92 Å². The number of ether oxygens (including phenoxy) is 1. The van der Waals surface area contributed by atoms with Gasteiger partial charge >= 0.3 is 5.97 Å². The molecule has 0 spiro atoms. The van der Waals surface area contributed by atoms with Crippen LogP contribution in [0.3, 0.4) is 0 Å². The zero-order valence-electron chi connectivity index (χ0n) is 18.4. The van der Waals surface area contributed by atoms with Crippen molar-refractivity contribution in [2.75, 3.05) is 13.2 Å². The molecule has 168 valence electrons. The van der Waals surface area contributed by atoms with E-state index in [-0.39, 0.29) is 29.4 Å². The molecule has 0 saturated carbocycles. The molecule has 1 aromatic rings. The predicted molar refractivity (Wildman–Crippen MR) is 123 cm³/mol. The lowest BCUT2D eigenvalue weighted by Gasteiger charge is -2.33. The number of rotatable bonds is 14. The van der Waals surface area contributed by atoms with Crippen LogP contribution in [0.2, 0.25) is 0 Å². The molecule has 8 heteroatoms. The molecule has 1 heterocycles. The molecule has 0 aliphatic heterocycles. The molecule has 0 bridgehead atoms. The first kappa shape index (κ1) is 26.6. The van der Waals surface area contributed by atoms with Gasteiger partial charge in [-0.1, -0.05) is 27.2 Å². The highest BCUT2D eigenvalue weighted by atomic mass is 32.2. The van der Waals surface area contributed by atoms with Crippen molar-refractivity contribution in [3.8, 4) is 12.3 Å². The first-order chi connectivity index (χ1) is 14.3. The number of aliphatic hydroxyl groups is 1. The Morgan fingerprint density at radius 2 is 2.10 bits per heavy atom. The third kappa shape index (κ3) is 9.17. The topological polar surface area (TPSA) is 79.7 Å². The van der Waals surface area contributed by atoms with Gasteiger partial charge in [-0.25, -0.2) is 14.1 Å². The lowest BCUT2D eigenvalue weighted by atomic mass is 9.97. The number of aromatic nitrogens is 1. The molecular weight excluding hydrogens is 420 g/mol. The number of terminal acetylenes is 1. The van der Waals surface area contributed by atoms with E-state index in [1.54, 1.807) is 12.3 Å². The molecule has 0 radical (unpaired) electrons. The average molecular weight is 455 g/mol. The fourth-order valence-electron chi connectivity index (χ4n) is 2.90. The number of esters is 1. The molecule has 0 saturated heterocycles. The molecule has 30 heavy (non-hydrogen) atoms. The molecule has 0 fully saturated rings. The van der Waals surface area contributed by atoms with Crippen LogP contribution < -0.4 is 0 Å². The zero-order valence-corrected chi connectivity index (χ0v) is 20.1. The number of unbranched alkanes of at least 4 members (excludes halogenated alkanes) is 2. The van der Waals surface area contributed by atoms with Gasteiger partial charge in [0, 0.05) is 30.8 Å². The quantitative estimate of drug-likeness (QED) is 0.186. The first-order valence-electron chi connectivity index (χ1n) is 10.5. The molecule has 6 nitrogen and oxygen atoms in total. The van der Waals surface area contributed by atoms with Gasteiger partial charge in [-0.05, 0) is 44.1 Å². The summed E-state index contributed by atoms with van der Waals surface area (Å²) in [6.45, 7) is 8.91. The van der Waals surface area contributed by atoms with Gasteiger partial charge < -0.3 is 9.84 Å². The first-order valence-corrected chi connectivity index (χ1v) is 12.2.